The van der Waals surface area contributed by atoms with Crippen LogP contribution in [0.25, 0.3) is 0 Å². The highest BCUT2D eigenvalue weighted by Gasteiger charge is 2.47. The SMILES string of the molecule is Oc1c(F)cc(C(O)CN2CC3CC(O)CC3C2Cc2ccccc2)cc1F. The van der Waals surface area contributed by atoms with E-state index in [0.29, 0.717) is 11.8 Å². The molecular weight excluding hydrogens is 364 g/mol. The van der Waals surface area contributed by atoms with E-state index in [-0.39, 0.29) is 24.3 Å². The van der Waals surface area contributed by atoms with Gasteiger partial charge in [-0.05, 0) is 54.4 Å². The zero-order chi connectivity index (χ0) is 19.8. The van der Waals surface area contributed by atoms with Gasteiger partial charge in [-0.25, -0.2) is 8.78 Å². The van der Waals surface area contributed by atoms with Gasteiger partial charge in [0.05, 0.1) is 12.2 Å². The van der Waals surface area contributed by atoms with Crippen molar-refractivity contribution in [3.8, 4) is 5.75 Å². The van der Waals surface area contributed by atoms with Gasteiger partial charge >= 0.3 is 0 Å². The van der Waals surface area contributed by atoms with Gasteiger partial charge in [-0.3, -0.25) is 4.90 Å². The Morgan fingerprint density at radius 2 is 1.75 bits per heavy atom. The van der Waals surface area contributed by atoms with Crippen LogP contribution >= 0.6 is 0 Å². The second-order valence-corrected chi connectivity index (χ2v) is 8.11. The van der Waals surface area contributed by atoms with Gasteiger partial charge in [0.15, 0.2) is 17.4 Å². The minimum atomic E-state index is -1.07. The molecular formula is C22H25F2NO3. The molecule has 2 fully saturated rings. The fourth-order valence-electron chi connectivity index (χ4n) is 4.97. The lowest BCUT2D eigenvalue weighted by molar-refractivity contribution is 0.0875. The molecule has 150 valence electrons. The van der Waals surface area contributed by atoms with Gasteiger partial charge in [0.25, 0.3) is 0 Å². The molecule has 28 heavy (non-hydrogen) atoms. The van der Waals surface area contributed by atoms with Crippen molar-refractivity contribution in [3.63, 3.8) is 0 Å². The van der Waals surface area contributed by atoms with Crippen LogP contribution < -0.4 is 0 Å². The first-order valence-corrected chi connectivity index (χ1v) is 9.74. The molecule has 1 saturated carbocycles. The van der Waals surface area contributed by atoms with Gasteiger partial charge in [-0.2, -0.15) is 0 Å². The highest BCUT2D eigenvalue weighted by atomic mass is 19.1. The first kappa shape index (κ1) is 19.3. The van der Waals surface area contributed by atoms with E-state index in [9.17, 15) is 24.1 Å². The van der Waals surface area contributed by atoms with Crippen LogP contribution in [0.1, 0.15) is 30.1 Å². The lowest BCUT2D eigenvalue weighted by atomic mass is 9.90. The third-order valence-corrected chi connectivity index (χ3v) is 6.28. The van der Waals surface area contributed by atoms with E-state index in [0.717, 1.165) is 37.9 Å². The first-order valence-electron chi connectivity index (χ1n) is 9.74. The van der Waals surface area contributed by atoms with Gasteiger partial charge in [0, 0.05) is 19.1 Å². The smallest absolute Gasteiger partial charge is 0.187 e. The Morgan fingerprint density at radius 3 is 2.43 bits per heavy atom. The van der Waals surface area contributed by atoms with Crippen LogP contribution in [0.3, 0.4) is 0 Å². The number of halogens is 2. The van der Waals surface area contributed by atoms with Gasteiger partial charge < -0.3 is 15.3 Å². The van der Waals surface area contributed by atoms with Crippen molar-refractivity contribution in [1.29, 1.82) is 0 Å². The summed E-state index contributed by atoms with van der Waals surface area (Å²) < 4.78 is 27.3. The molecule has 4 rings (SSSR count). The monoisotopic (exact) mass is 389 g/mol. The predicted octanol–water partition coefficient (Wildman–Crippen LogP) is 3.02. The molecule has 5 atom stereocenters. The molecule has 0 amide bonds. The van der Waals surface area contributed by atoms with E-state index >= 15 is 0 Å². The summed E-state index contributed by atoms with van der Waals surface area (Å²) in [6, 6.07) is 12.2. The Kier molecular flexibility index (Phi) is 5.36. The molecule has 2 aromatic rings. The average molecular weight is 389 g/mol. The molecule has 0 spiro atoms. The maximum Gasteiger partial charge on any atom is 0.187 e. The average Bonchev–Trinajstić information content (AvgIpc) is 3.17. The largest absolute Gasteiger partial charge is 0.503 e. The van der Waals surface area contributed by atoms with Crippen LogP contribution in [0.15, 0.2) is 42.5 Å². The number of rotatable bonds is 5. The van der Waals surface area contributed by atoms with E-state index in [1.54, 1.807) is 0 Å². The molecule has 1 heterocycles. The number of hydrogen-bond acceptors (Lipinski definition) is 4. The number of phenols is 1. The van der Waals surface area contributed by atoms with Gasteiger partial charge in [-0.15, -0.1) is 0 Å². The third-order valence-electron chi connectivity index (χ3n) is 6.28. The van der Waals surface area contributed by atoms with Crippen molar-refractivity contribution in [2.75, 3.05) is 13.1 Å². The van der Waals surface area contributed by atoms with E-state index in [1.165, 1.54) is 5.56 Å². The number of nitrogens with zero attached hydrogens (tertiary/aromatic N) is 1. The number of aliphatic hydroxyl groups is 2. The normalized spacial score (nSPS) is 28.4. The van der Waals surface area contributed by atoms with E-state index < -0.39 is 23.5 Å². The summed E-state index contributed by atoms with van der Waals surface area (Å²) in [6.07, 6.45) is 0.967. The summed E-state index contributed by atoms with van der Waals surface area (Å²) in [6.45, 7) is 1.00. The van der Waals surface area contributed by atoms with Crippen LogP contribution in [-0.2, 0) is 6.42 Å². The molecule has 0 aromatic heterocycles. The molecule has 0 radical (unpaired) electrons. The van der Waals surface area contributed by atoms with E-state index in [1.807, 2.05) is 18.2 Å². The minimum Gasteiger partial charge on any atom is -0.503 e. The summed E-state index contributed by atoms with van der Waals surface area (Å²) in [5.74, 6) is -2.46. The molecule has 2 aromatic carbocycles. The predicted molar refractivity (Wildman–Crippen MR) is 101 cm³/mol. The van der Waals surface area contributed by atoms with Crippen molar-refractivity contribution < 1.29 is 24.1 Å². The van der Waals surface area contributed by atoms with Crippen LogP contribution in [0, 0.1) is 23.5 Å². The number of likely N-dealkylation sites (tertiary alicyclic amines) is 1. The second-order valence-electron chi connectivity index (χ2n) is 8.11. The topological polar surface area (TPSA) is 63.9 Å². The van der Waals surface area contributed by atoms with E-state index in [2.05, 4.69) is 17.0 Å². The molecule has 0 bridgehead atoms. The van der Waals surface area contributed by atoms with Crippen LogP contribution in [0.4, 0.5) is 8.78 Å². The molecule has 1 saturated heterocycles. The number of β-amino-alcohol motifs (C(OH)–C–C–N with tert-alkyl or cyclic N) is 1. The molecule has 5 unspecified atom stereocenters. The summed E-state index contributed by atoms with van der Waals surface area (Å²) in [7, 11) is 0. The summed E-state index contributed by atoms with van der Waals surface area (Å²) in [4.78, 5) is 2.18. The summed E-state index contributed by atoms with van der Waals surface area (Å²) in [5, 5.41) is 30.0. The van der Waals surface area contributed by atoms with Crippen molar-refractivity contribution in [3.05, 3.63) is 65.2 Å². The third kappa shape index (κ3) is 3.77. The molecule has 1 aliphatic heterocycles. The van der Waals surface area contributed by atoms with E-state index in [4.69, 9.17) is 0 Å². The maximum absolute atomic E-state index is 13.7. The van der Waals surface area contributed by atoms with Gasteiger partial charge in [0.2, 0.25) is 0 Å². The molecule has 3 N–H and O–H groups in total. The Morgan fingerprint density at radius 1 is 1.07 bits per heavy atom. The Hall–Kier alpha value is -2.02. The lowest BCUT2D eigenvalue weighted by Gasteiger charge is -2.30. The van der Waals surface area contributed by atoms with Crippen molar-refractivity contribution in [1.82, 2.24) is 4.90 Å². The van der Waals surface area contributed by atoms with Crippen LogP contribution in [-0.4, -0.2) is 45.5 Å². The summed E-state index contributed by atoms with van der Waals surface area (Å²) >= 11 is 0. The molecule has 4 nitrogen and oxygen atoms in total. The lowest BCUT2D eigenvalue weighted by Crippen LogP contribution is -2.38. The van der Waals surface area contributed by atoms with Crippen LogP contribution in [0.2, 0.25) is 0 Å². The highest BCUT2D eigenvalue weighted by molar-refractivity contribution is 5.31. The quantitative estimate of drug-likeness (QED) is 0.736. The van der Waals surface area contributed by atoms with Gasteiger partial charge in [0.1, 0.15) is 0 Å². The zero-order valence-electron chi connectivity index (χ0n) is 15.5. The first-order chi connectivity index (χ1) is 13.4. The number of hydrogen-bond donors (Lipinski definition) is 3. The summed E-state index contributed by atoms with van der Waals surface area (Å²) in [5.41, 5.74) is 1.30. The van der Waals surface area contributed by atoms with Gasteiger partial charge in [-0.1, -0.05) is 30.3 Å². The molecule has 2 aliphatic rings. The molecule has 6 heteroatoms. The Balaban J connectivity index is 1.53. The number of aromatic hydroxyl groups is 1. The number of aliphatic hydroxyl groups excluding tert-OH is 2. The second kappa shape index (κ2) is 7.78. The minimum absolute atomic E-state index is 0.114. The van der Waals surface area contributed by atoms with Crippen molar-refractivity contribution >= 4 is 0 Å². The highest BCUT2D eigenvalue weighted by Crippen LogP contribution is 2.44. The number of phenolic OH excluding ortho intramolecular Hbond substituents is 1. The maximum atomic E-state index is 13.7. The molecule has 1 aliphatic carbocycles. The zero-order valence-corrected chi connectivity index (χ0v) is 15.5. The standard InChI is InChI=1S/C22H25F2NO3/c23-18-8-14(9-19(24)22(18)28)21(27)12-25-11-15-7-16(26)10-17(15)20(25)6-13-4-2-1-3-5-13/h1-5,8-9,15-17,20-21,26-28H,6-7,10-12H2. The Bertz CT molecular complexity index is 809. The van der Waals surface area contributed by atoms with Crippen molar-refractivity contribution in [2.45, 2.75) is 37.5 Å². The number of fused-ring (bicyclic) bond motifs is 1. The number of benzene rings is 2. The van der Waals surface area contributed by atoms with Crippen molar-refractivity contribution in [2.24, 2.45) is 11.8 Å². The Labute approximate surface area is 163 Å². The fourth-order valence-corrected chi connectivity index (χ4v) is 4.97. The fraction of sp³-hybridized carbons (Fsp3) is 0.455. The van der Waals surface area contributed by atoms with Crippen LogP contribution in [0.5, 0.6) is 5.75 Å².